The van der Waals surface area contributed by atoms with Gasteiger partial charge in [0.2, 0.25) is 0 Å². The van der Waals surface area contributed by atoms with Crippen molar-refractivity contribution in [2.45, 2.75) is 0 Å². The molecular formula is C11H6FN3OS. The Bertz CT molecular complexity index is 603. The van der Waals surface area contributed by atoms with Gasteiger partial charge < -0.3 is 0 Å². The molecule has 17 heavy (non-hydrogen) atoms. The number of rotatable bonds is 2. The molecule has 1 aromatic carbocycles. The van der Waals surface area contributed by atoms with Crippen molar-refractivity contribution in [1.29, 1.82) is 5.26 Å². The molecule has 6 heteroatoms. The standard InChI is InChI=1S/C11H6FN3OS/c12-9-4-2-1-3-8(9)10(16)15-11-14-6-7(5-13)17-11/h1-4,6H,(H,14,15,16). The zero-order valence-electron chi connectivity index (χ0n) is 8.48. The van der Waals surface area contributed by atoms with Crippen molar-refractivity contribution in [2.75, 3.05) is 5.32 Å². The summed E-state index contributed by atoms with van der Waals surface area (Å²) >= 11 is 1.04. The van der Waals surface area contributed by atoms with Crippen molar-refractivity contribution in [2.24, 2.45) is 0 Å². The Kier molecular flexibility index (Phi) is 3.12. The molecule has 1 heterocycles. The molecule has 0 fully saturated rings. The number of halogens is 1. The fourth-order valence-electron chi connectivity index (χ4n) is 1.19. The van der Waals surface area contributed by atoms with Crippen LogP contribution in [0.5, 0.6) is 0 Å². The van der Waals surface area contributed by atoms with E-state index in [0.29, 0.717) is 4.88 Å². The zero-order valence-corrected chi connectivity index (χ0v) is 9.29. The quantitative estimate of drug-likeness (QED) is 0.886. The van der Waals surface area contributed by atoms with Gasteiger partial charge in [0.25, 0.3) is 5.91 Å². The molecule has 1 N–H and O–H groups in total. The van der Waals surface area contributed by atoms with E-state index in [0.717, 1.165) is 11.3 Å². The normalized spacial score (nSPS) is 9.65. The number of hydrogen-bond donors (Lipinski definition) is 1. The first-order valence-electron chi connectivity index (χ1n) is 4.62. The van der Waals surface area contributed by atoms with Crippen molar-refractivity contribution in [3.05, 3.63) is 46.7 Å². The maximum Gasteiger partial charge on any atom is 0.260 e. The van der Waals surface area contributed by atoms with Gasteiger partial charge in [0.15, 0.2) is 5.13 Å². The SMILES string of the molecule is N#Cc1cnc(NC(=O)c2ccccc2F)s1. The number of hydrogen-bond acceptors (Lipinski definition) is 4. The molecule has 4 nitrogen and oxygen atoms in total. The van der Waals surface area contributed by atoms with Crippen LogP contribution in [0.15, 0.2) is 30.5 Å². The lowest BCUT2D eigenvalue weighted by Crippen LogP contribution is -2.13. The number of nitriles is 1. The van der Waals surface area contributed by atoms with Crippen LogP contribution in [0.3, 0.4) is 0 Å². The first-order chi connectivity index (χ1) is 8.20. The van der Waals surface area contributed by atoms with Crippen molar-refractivity contribution in [1.82, 2.24) is 4.98 Å². The largest absolute Gasteiger partial charge is 0.298 e. The summed E-state index contributed by atoms with van der Waals surface area (Å²) in [5, 5.41) is 11.3. The van der Waals surface area contributed by atoms with Crippen LogP contribution in [0.2, 0.25) is 0 Å². The van der Waals surface area contributed by atoms with E-state index in [1.54, 1.807) is 6.07 Å². The Morgan fingerprint density at radius 1 is 1.47 bits per heavy atom. The second-order valence-electron chi connectivity index (χ2n) is 3.08. The highest BCUT2D eigenvalue weighted by atomic mass is 32.1. The minimum atomic E-state index is -0.595. The summed E-state index contributed by atoms with van der Waals surface area (Å²) in [5.74, 6) is -1.18. The molecule has 0 aliphatic heterocycles. The van der Waals surface area contributed by atoms with Crippen LogP contribution in [0.1, 0.15) is 15.2 Å². The minimum absolute atomic E-state index is 0.0544. The monoisotopic (exact) mass is 247 g/mol. The topological polar surface area (TPSA) is 65.8 Å². The van der Waals surface area contributed by atoms with E-state index in [1.165, 1.54) is 24.4 Å². The Balaban J connectivity index is 2.18. The molecule has 0 aliphatic rings. The summed E-state index contributed by atoms with van der Waals surface area (Å²) in [4.78, 5) is 15.9. The highest BCUT2D eigenvalue weighted by Crippen LogP contribution is 2.18. The lowest BCUT2D eigenvalue weighted by Gasteiger charge is -2.01. The van der Waals surface area contributed by atoms with Gasteiger partial charge in [-0.05, 0) is 12.1 Å². The van der Waals surface area contributed by atoms with E-state index in [-0.39, 0.29) is 10.7 Å². The van der Waals surface area contributed by atoms with Gasteiger partial charge in [-0.15, -0.1) is 0 Å². The summed E-state index contributed by atoms with van der Waals surface area (Å²) in [6.45, 7) is 0. The molecule has 0 saturated carbocycles. The molecule has 0 bridgehead atoms. The van der Waals surface area contributed by atoms with Crippen LogP contribution in [0, 0.1) is 17.1 Å². The van der Waals surface area contributed by atoms with Gasteiger partial charge in [-0.3, -0.25) is 10.1 Å². The summed E-state index contributed by atoms with van der Waals surface area (Å²) < 4.78 is 13.3. The average molecular weight is 247 g/mol. The van der Waals surface area contributed by atoms with Crippen LogP contribution in [-0.4, -0.2) is 10.9 Å². The van der Waals surface area contributed by atoms with Crippen LogP contribution in [0.4, 0.5) is 9.52 Å². The highest BCUT2D eigenvalue weighted by Gasteiger charge is 2.12. The third kappa shape index (κ3) is 2.46. The third-order valence-corrected chi connectivity index (χ3v) is 2.77. The van der Waals surface area contributed by atoms with E-state index in [1.807, 2.05) is 6.07 Å². The first kappa shape index (κ1) is 11.2. The number of aromatic nitrogens is 1. The van der Waals surface area contributed by atoms with Gasteiger partial charge in [-0.25, -0.2) is 9.37 Å². The molecule has 0 spiro atoms. The van der Waals surface area contributed by atoms with E-state index >= 15 is 0 Å². The molecular weight excluding hydrogens is 241 g/mol. The number of amides is 1. The van der Waals surface area contributed by atoms with Gasteiger partial charge >= 0.3 is 0 Å². The molecule has 1 aromatic heterocycles. The van der Waals surface area contributed by atoms with Crippen LogP contribution in [-0.2, 0) is 0 Å². The maximum atomic E-state index is 13.3. The lowest BCUT2D eigenvalue weighted by atomic mass is 10.2. The fourth-order valence-corrected chi connectivity index (χ4v) is 1.80. The van der Waals surface area contributed by atoms with Gasteiger partial charge in [0.1, 0.15) is 16.8 Å². The molecule has 1 amide bonds. The Hall–Kier alpha value is -2.26. The molecule has 0 unspecified atom stereocenters. The van der Waals surface area contributed by atoms with Gasteiger partial charge in [-0.2, -0.15) is 5.26 Å². The van der Waals surface area contributed by atoms with Crippen molar-refractivity contribution < 1.29 is 9.18 Å². The molecule has 84 valence electrons. The highest BCUT2D eigenvalue weighted by molar-refractivity contribution is 7.16. The summed E-state index contributed by atoms with van der Waals surface area (Å²) in [7, 11) is 0. The average Bonchev–Trinajstić information content (AvgIpc) is 2.77. The van der Waals surface area contributed by atoms with E-state index in [4.69, 9.17) is 5.26 Å². The maximum absolute atomic E-state index is 13.3. The predicted molar refractivity (Wildman–Crippen MR) is 61.2 cm³/mol. The van der Waals surface area contributed by atoms with E-state index < -0.39 is 11.7 Å². The fraction of sp³-hybridized carbons (Fsp3) is 0. The number of thiazole rings is 1. The second-order valence-corrected chi connectivity index (χ2v) is 4.11. The Labute approximate surface area is 100 Å². The minimum Gasteiger partial charge on any atom is -0.298 e. The van der Waals surface area contributed by atoms with Gasteiger partial charge in [0.05, 0.1) is 11.8 Å². The van der Waals surface area contributed by atoms with Gasteiger partial charge in [-0.1, -0.05) is 23.5 Å². The third-order valence-electron chi connectivity index (χ3n) is 1.95. The number of carbonyl (C=O) groups is 1. The molecule has 2 rings (SSSR count). The second kappa shape index (κ2) is 4.72. The van der Waals surface area contributed by atoms with Crippen molar-refractivity contribution in [3.8, 4) is 6.07 Å². The summed E-state index contributed by atoms with van der Waals surface area (Å²) in [5.41, 5.74) is -0.0544. The number of carbonyl (C=O) groups excluding carboxylic acids is 1. The number of benzene rings is 1. The van der Waals surface area contributed by atoms with Crippen LogP contribution >= 0.6 is 11.3 Å². The van der Waals surface area contributed by atoms with Crippen molar-refractivity contribution in [3.63, 3.8) is 0 Å². The number of nitrogens with one attached hydrogen (secondary N) is 1. The molecule has 0 saturated heterocycles. The zero-order chi connectivity index (χ0) is 12.3. The molecule has 0 aliphatic carbocycles. The molecule has 0 radical (unpaired) electrons. The Morgan fingerprint density at radius 3 is 2.88 bits per heavy atom. The van der Waals surface area contributed by atoms with E-state index in [9.17, 15) is 9.18 Å². The van der Waals surface area contributed by atoms with Crippen LogP contribution in [0.25, 0.3) is 0 Å². The van der Waals surface area contributed by atoms with Crippen LogP contribution < -0.4 is 5.32 Å². The predicted octanol–water partition coefficient (Wildman–Crippen LogP) is 2.41. The van der Waals surface area contributed by atoms with E-state index in [2.05, 4.69) is 10.3 Å². The van der Waals surface area contributed by atoms with Gasteiger partial charge in [0, 0.05) is 0 Å². The summed E-state index contributed by atoms with van der Waals surface area (Å²) in [6.07, 6.45) is 1.35. The lowest BCUT2D eigenvalue weighted by molar-refractivity contribution is 0.102. The number of anilines is 1. The Morgan fingerprint density at radius 2 is 2.24 bits per heavy atom. The smallest absolute Gasteiger partial charge is 0.260 e. The van der Waals surface area contributed by atoms with Crippen molar-refractivity contribution >= 4 is 22.4 Å². The molecule has 0 atom stereocenters. The summed E-state index contributed by atoms with van der Waals surface area (Å²) in [6, 6.07) is 7.56. The molecule has 2 aromatic rings. The number of nitrogens with zero attached hydrogens (tertiary/aromatic N) is 2. The first-order valence-corrected chi connectivity index (χ1v) is 5.44.